The summed E-state index contributed by atoms with van der Waals surface area (Å²) in [6.07, 6.45) is -0.756. The quantitative estimate of drug-likeness (QED) is 0.552. The number of nitrogens with zero attached hydrogens (tertiary/aromatic N) is 2. The Kier molecular flexibility index (Phi) is 6.98. The van der Waals surface area contributed by atoms with Gasteiger partial charge in [-0.1, -0.05) is 36.4 Å². The van der Waals surface area contributed by atoms with Crippen LogP contribution in [0.2, 0.25) is 0 Å². The summed E-state index contributed by atoms with van der Waals surface area (Å²) in [5.74, 6) is -0.288. The van der Waals surface area contributed by atoms with Crippen LogP contribution in [-0.2, 0) is 14.3 Å². The van der Waals surface area contributed by atoms with E-state index in [1.807, 2.05) is 49.4 Å². The maximum atomic E-state index is 12.6. The second kappa shape index (κ2) is 9.64. The van der Waals surface area contributed by atoms with Gasteiger partial charge in [-0.15, -0.1) is 11.8 Å². The van der Waals surface area contributed by atoms with Crippen LogP contribution >= 0.6 is 11.8 Å². The number of piperazine rings is 1. The Bertz CT molecular complexity index is 804. The van der Waals surface area contributed by atoms with Crippen molar-refractivity contribution in [2.45, 2.75) is 24.8 Å². The van der Waals surface area contributed by atoms with E-state index in [9.17, 15) is 9.59 Å². The van der Waals surface area contributed by atoms with Crippen LogP contribution in [0.5, 0.6) is 0 Å². The Morgan fingerprint density at radius 2 is 1.64 bits per heavy atom. The minimum Gasteiger partial charge on any atom is -0.452 e. The van der Waals surface area contributed by atoms with Gasteiger partial charge in [0.1, 0.15) is 0 Å². The zero-order valence-electron chi connectivity index (χ0n) is 16.3. The van der Waals surface area contributed by atoms with E-state index in [0.29, 0.717) is 13.1 Å². The largest absolute Gasteiger partial charge is 0.452 e. The van der Waals surface area contributed by atoms with Gasteiger partial charge in [0.15, 0.2) is 6.10 Å². The van der Waals surface area contributed by atoms with Crippen molar-refractivity contribution in [1.82, 2.24) is 4.90 Å². The lowest BCUT2D eigenvalue weighted by molar-refractivity contribution is -0.157. The fourth-order valence-corrected chi connectivity index (χ4v) is 4.03. The van der Waals surface area contributed by atoms with Crippen molar-refractivity contribution >= 4 is 29.3 Å². The molecule has 1 fully saturated rings. The molecule has 5 nitrogen and oxygen atoms in total. The van der Waals surface area contributed by atoms with Gasteiger partial charge in [-0.05, 0) is 37.6 Å². The molecule has 0 N–H and O–H groups in total. The second-order valence-electron chi connectivity index (χ2n) is 6.83. The third kappa shape index (κ3) is 5.29. The summed E-state index contributed by atoms with van der Waals surface area (Å²) in [5, 5.41) is 0. The minimum absolute atomic E-state index is 0.123. The molecule has 1 aliphatic rings. The molecule has 1 saturated heterocycles. The molecule has 0 unspecified atom stereocenters. The number of hydrogen-bond acceptors (Lipinski definition) is 5. The number of aryl methyl sites for hydroxylation is 1. The first-order chi connectivity index (χ1) is 13.5. The zero-order chi connectivity index (χ0) is 19.9. The summed E-state index contributed by atoms with van der Waals surface area (Å²) in [5.41, 5.74) is 2.29. The number of carbonyl (C=O) groups is 2. The summed E-state index contributed by atoms with van der Waals surface area (Å²) >= 11 is 1.44. The number of thioether (sulfide) groups is 1. The molecule has 1 heterocycles. The van der Waals surface area contributed by atoms with E-state index in [4.69, 9.17) is 4.74 Å². The van der Waals surface area contributed by atoms with Gasteiger partial charge < -0.3 is 14.5 Å². The summed E-state index contributed by atoms with van der Waals surface area (Å²) < 4.78 is 5.37. The van der Waals surface area contributed by atoms with Crippen molar-refractivity contribution in [1.29, 1.82) is 0 Å². The Labute approximate surface area is 170 Å². The smallest absolute Gasteiger partial charge is 0.317 e. The number of para-hydroxylation sites is 1. The summed E-state index contributed by atoms with van der Waals surface area (Å²) in [6.45, 7) is 6.48. The number of esters is 1. The van der Waals surface area contributed by atoms with E-state index in [2.05, 4.69) is 17.0 Å². The number of rotatable bonds is 6. The first kappa shape index (κ1) is 20.3. The lowest BCUT2D eigenvalue weighted by atomic mass is 10.2. The van der Waals surface area contributed by atoms with Crippen molar-refractivity contribution < 1.29 is 14.3 Å². The first-order valence-corrected chi connectivity index (χ1v) is 10.5. The SMILES string of the molecule is Cc1ccccc1SCC(=O)O[C@@H](C)C(=O)N1CCN(c2ccccc2)CC1. The van der Waals surface area contributed by atoms with E-state index in [0.717, 1.165) is 23.5 Å². The average Bonchev–Trinajstić information content (AvgIpc) is 2.73. The van der Waals surface area contributed by atoms with E-state index in [1.165, 1.54) is 17.4 Å². The molecule has 6 heteroatoms. The third-order valence-electron chi connectivity index (χ3n) is 4.81. The molecule has 2 aromatic rings. The highest BCUT2D eigenvalue weighted by Gasteiger charge is 2.27. The molecular formula is C22H26N2O3S. The van der Waals surface area contributed by atoms with Crippen LogP contribution in [0.3, 0.4) is 0 Å². The highest BCUT2D eigenvalue weighted by Crippen LogP contribution is 2.22. The predicted octanol–water partition coefficient (Wildman–Crippen LogP) is 3.37. The van der Waals surface area contributed by atoms with E-state index >= 15 is 0 Å². The van der Waals surface area contributed by atoms with Gasteiger partial charge in [-0.25, -0.2) is 0 Å². The van der Waals surface area contributed by atoms with Gasteiger partial charge in [-0.2, -0.15) is 0 Å². The normalized spacial score (nSPS) is 15.2. The summed E-state index contributed by atoms with van der Waals surface area (Å²) in [4.78, 5) is 29.9. The number of hydrogen-bond donors (Lipinski definition) is 0. The van der Waals surface area contributed by atoms with Crippen LogP contribution < -0.4 is 4.90 Å². The van der Waals surface area contributed by atoms with Crippen molar-refractivity contribution in [2.75, 3.05) is 36.8 Å². The molecular weight excluding hydrogens is 372 g/mol. The van der Waals surface area contributed by atoms with E-state index < -0.39 is 6.10 Å². The second-order valence-corrected chi connectivity index (χ2v) is 7.85. The highest BCUT2D eigenvalue weighted by atomic mass is 32.2. The lowest BCUT2D eigenvalue weighted by Gasteiger charge is -2.37. The molecule has 2 aromatic carbocycles. The standard InChI is InChI=1S/C22H26N2O3S/c1-17-8-6-7-11-20(17)28-16-21(25)27-18(2)22(26)24-14-12-23(13-15-24)19-9-4-3-5-10-19/h3-11,18H,12-16H2,1-2H3/t18-/m0/s1. The monoisotopic (exact) mass is 398 g/mol. The number of carbonyl (C=O) groups excluding carboxylic acids is 2. The van der Waals surface area contributed by atoms with Gasteiger partial charge in [0.25, 0.3) is 5.91 Å². The molecule has 0 saturated carbocycles. The number of amides is 1. The molecule has 148 valence electrons. The van der Waals surface area contributed by atoms with E-state index in [-0.39, 0.29) is 17.6 Å². The highest BCUT2D eigenvalue weighted by molar-refractivity contribution is 8.00. The molecule has 0 radical (unpaired) electrons. The van der Waals surface area contributed by atoms with Crippen LogP contribution in [0.1, 0.15) is 12.5 Å². The van der Waals surface area contributed by atoms with Crippen molar-refractivity contribution in [3.63, 3.8) is 0 Å². The molecule has 1 aliphatic heterocycles. The fourth-order valence-electron chi connectivity index (χ4n) is 3.22. The average molecular weight is 399 g/mol. The molecule has 0 bridgehead atoms. The zero-order valence-corrected chi connectivity index (χ0v) is 17.2. The van der Waals surface area contributed by atoms with Crippen LogP contribution in [0.15, 0.2) is 59.5 Å². The molecule has 28 heavy (non-hydrogen) atoms. The van der Waals surface area contributed by atoms with Crippen LogP contribution in [0, 0.1) is 6.92 Å². The maximum absolute atomic E-state index is 12.6. The first-order valence-electron chi connectivity index (χ1n) is 9.51. The molecule has 0 aliphatic carbocycles. The predicted molar refractivity (Wildman–Crippen MR) is 113 cm³/mol. The Morgan fingerprint density at radius 1 is 1.00 bits per heavy atom. The molecule has 1 atom stereocenters. The number of ether oxygens (including phenoxy) is 1. The van der Waals surface area contributed by atoms with Crippen LogP contribution in [-0.4, -0.2) is 54.8 Å². The summed E-state index contributed by atoms with van der Waals surface area (Å²) in [7, 11) is 0. The van der Waals surface area contributed by atoms with Gasteiger partial charge in [0, 0.05) is 36.8 Å². The summed E-state index contributed by atoms with van der Waals surface area (Å²) in [6, 6.07) is 18.1. The van der Waals surface area contributed by atoms with Gasteiger partial charge in [-0.3, -0.25) is 9.59 Å². The van der Waals surface area contributed by atoms with Crippen molar-refractivity contribution in [2.24, 2.45) is 0 Å². The van der Waals surface area contributed by atoms with E-state index in [1.54, 1.807) is 11.8 Å². The van der Waals surface area contributed by atoms with Crippen LogP contribution in [0.25, 0.3) is 0 Å². The third-order valence-corrected chi connectivity index (χ3v) is 5.96. The number of benzene rings is 2. The lowest BCUT2D eigenvalue weighted by Crippen LogP contribution is -2.51. The molecule has 3 rings (SSSR count). The van der Waals surface area contributed by atoms with Crippen molar-refractivity contribution in [3.05, 3.63) is 60.2 Å². The van der Waals surface area contributed by atoms with Gasteiger partial charge in [0.05, 0.1) is 5.75 Å². The molecule has 0 aromatic heterocycles. The minimum atomic E-state index is -0.756. The van der Waals surface area contributed by atoms with Gasteiger partial charge >= 0.3 is 5.97 Å². The maximum Gasteiger partial charge on any atom is 0.317 e. The number of anilines is 1. The fraction of sp³-hybridized carbons (Fsp3) is 0.364. The van der Waals surface area contributed by atoms with Gasteiger partial charge in [0.2, 0.25) is 0 Å². The van der Waals surface area contributed by atoms with Crippen molar-refractivity contribution in [3.8, 4) is 0 Å². The van der Waals surface area contributed by atoms with Crippen LogP contribution in [0.4, 0.5) is 5.69 Å². The Balaban J connectivity index is 1.44. The Morgan fingerprint density at radius 3 is 2.32 bits per heavy atom. The topological polar surface area (TPSA) is 49.9 Å². The molecule has 0 spiro atoms. The Hall–Kier alpha value is -2.47. The molecule has 1 amide bonds.